The fourth-order valence-corrected chi connectivity index (χ4v) is 2.79. The van der Waals surface area contributed by atoms with Crippen LogP contribution in [0.1, 0.15) is 46.0 Å². The maximum absolute atomic E-state index is 12.2. The predicted octanol–water partition coefficient (Wildman–Crippen LogP) is 1.39. The molecule has 0 aromatic carbocycles. The van der Waals surface area contributed by atoms with Crippen LogP contribution in [0.2, 0.25) is 0 Å². The molecule has 0 bridgehead atoms. The molecular formula is C12H19NO3. The third-order valence-electron chi connectivity index (χ3n) is 3.52. The monoisotopic (exact) mass is 225 g/mol. The molecule has 2 rings (SSSR count). The fourth-order valence-electron chi connectivity index (χ4n) is 2.79. The minimum absolute atomic E-state index is 0.0868. The molecule has 2 aliphatic rings. The minimum Gasteiger partial charge on any atom is -0.449 e. The highest BCUT2D eigenvalue weighted by atomic mass is 16.6. The first-order valence-electron chi connectivity index (χ1n) is 6.07. The Bertz CT molecular complexity index is 313. The second kappa shape index (κ2) is 4.07. The summed E-state index contributed by atoms with van der Waals surface area (Å²) >= 11 is 0. The molecule has 0 spiro atoms. The zero-order valence-corrected chi connectivity index (χ0v) is 9.91. The standard InChI is InChI=1S/C12H19NO3/c1-8(2)13-11(15)12-6-4-3-5-9(12)7-10(14)16-12/h8-9H,3-7H2,1-2H3,(H,13,15)/t9-,12+/m1/s1. The van der Waals surface area contributed by atoms with Crippen molar-refractivity contribution in [3.63, 3.8) is 0 Å². The lowest BCUT2D eigenvalue weighted by molar-refractivity contribution is -0.163. The number of hydrogen-bond acceptors (Lipinski definition) is 3. The van der Waals surface area contributed by atoms with E-state index in [-0.39, 0.29) is 23.8 Å². The van der Waals surface area contributed by atoms with E-state index in [0.717, 1.165) is 19.3 Å². The number of hydrogen-bond donors (Lipinski definition) is 1. The number of carbonyl (C=O) groups excluding carboxylic acids is 2. The lowest BCUT2D eigenvalue weighted by atomic mass is 9.75. The Morgan fingerprint density at radius 1 is 1.50 bits per heavy atom. The molecule has 1 saturated carbocycles. The van der Waals surface area contributed by atoms with E-state index < -0.39 is 5.60 Å². The van der Waals surface area contributed by atoms with E-state index in [0.29, 0.717) is 12.8 Å². The minimum atomic E-state index is -0.848. The van der Waals surface area contributed by atoms with Gasteiger partial charge in [0.05, 0.1) is 6.42 Å². The summed E-state index contributed by atoms with van der Waals surface area (Å²) in [5.74, 6) is -0.226. The predicted molar refractivity (Wildman–Crippen MR) is 58.7 cm³/mol. The quantitative estimate of drug-likeness (QED) is 0.722. The van der Waals surface area contributed by atoms with Crippen molar-refractivity contribution in [3.05, 3.63) is 0 Å². The second-order valence-electron chi connectivity index (χ2n) is 5.14. The highest BCUT2D eigenvalue weighted by Crippen LogP contribution is 2.44. The Morgan fingerprint density at radius 3 is 2.94 bits per heavy atom. The molecule has 1 amide bonds. The normalized spacial score (nSPS) is 33.4. The van der Waals surface area contributed by atoms with Crippen LogP contribution in [-0.2, 0) is 14.3 Å². The molecule has 2 atom stereocenters. The highest BCUT2D eigenvalue weighted by molar-refractivity contribution is 5.91. The number of carbonyl (C=O) groups is 2. The van der Waals surface area contributed by atoms with E-state index in [9.17, 15) is 9.59 Å². The van der Waals surface area contributed by atoms with Crippen LogP contribution in [0.4, 0.5) is 0 Å². The first-order valence-corrected chi connectivity index (χ1v) is 6.07. The van der Waals surface area contributed by atoms with Crippen molar-refractivity contribution in [1.82, 2.24) is 5.32 Å². The second-order valence-corrected chi connectivity index (χ2v) is 5.14. The Morgan fingerprint density at radius 2 is 2.25 bits per heavy atom. The van der Waals surface area contributed by atoms with Crippen LogP contribution in [0.3, 0.4) is 0 Å². The van der Waals surface area contributed by atoms with Crippen molar-refractivity contribution in [2.45, 2.75) is 57.6 Å². The van der Waals surface area contributed by atoms with Crippen molar-refractivity contribution in [1.29, 1.82) is 0 Å². The van der Waals surface area contributed by atoms with Gasteiger partial charge in [0, 0.05) is 12.0 Å². The molecule has 1 N–H and O–H groups in total. The van der Waals surface area contributed by atoms with Gasteiger partial charge < -0.3 is 10.1 Å². The van der Waals surface area contributed by atoms with Gasteiger partial charge in [0.2, 0.25) is 0 Å². The molecule has 0 aromatic heterocycles. The zero-order valence-electron chi connectivity index (χ0n) is 9.91. The molecule has 0 radical (unpaired) electrons. The maximum Gasteiger partial charge on any atom is 0.307 e. The van der Waals surface area contributed by atoms with Crippen molar-refractivity contribution < 1.29 is 14.3 Å². The van der Waals surface area contributed by atoms with Gasteiger partial charge in [-0.25, -0.2) is 0 Å². The highest BCUT2D eigenvalue weighted by Gasteiger charge is 2.55. The van der Waals surface area contributed by atoms with Gasteiger partial charge in [-0.2, -0.15) is 0 Å². The van der Waals surface area contributed by atoms with Gasteiger partial charge in [-0.15, -0.1) is 0 Å². The molecule has 1 heterocycles. The molecule has 0 unspecified atom stereocenters. The molecule has 1 aliphatic carbocycles. The van der Waals surface area contributed by atoms with E-state index in [1.54, 1.807) is 0 Å². The summed E-state index contributed by atoms with van der Waals surface area (Å²) in [4.78, 5) is 23.6. The molecular weight excluding hydrogens is 206 g/mol. The summed E-state index contributed by atoms with van der Waals surface area (Å²) < 4.78 is 5.36. The van der Waals surface area contributed by atoms with Crippen LogP contribution in [0, 0.1) is 5.92 Å². The molecule has 90 valence electrons. The molecule has 4 heteroatoms. The fraction of sp³-hybridized carbons (Fsp3) is 0.833. The van der Waals surface area contributed by atoms with Gasteiger partial charge in [0.15, 0.2) is 5.60 Å². The molecule has 1 saturated heterocycles. The Labute approximate surface area is 95.7 Å². The lowest BCUT2D eigenvalue weighted by Crippen LogP contribution is -2.53. The molecule has 16 heavy (non-hydrogen) atoms. The molecule has 0 aromatic rings. The average Bonchev–Trinajstić information content (AvgIpc) is 2.53. The third kappa shape index (κ3) is 1.81. The van der Waals surface area contributed by atoms with Crippen molar-refractivity contribution in [3.8, 4) is 0 Å². The van der Waals surface area contributed by atoms with Gasteiger partial charge >= 0.3 is 5.97 Å². The molecule has 4 nitrogen and oxygen atoms in total. The molecule has 1 aliphatic heterocycles. The van der Waals surface area contributed by atoms with Crippen molar-refractivity contribution in [2.75, 3.05) is 0 Å². The topological polar surface area (TPSA) is 55.4 Å². The van der Waals surface area contributed by atoms with Crippen LogP contribution < -0.4 is 5.32 Å². The Hall–Kier alpha value is -1.06. The van der Waals surface area contributed by atoms with Gasteiger partial charge in [-0.1, -0.05) is 6.42 Å². The smallest absolute Gasteiger partial charge is 0.307 e. The summed E-state index contributed by atoms with van der Waals surface area (Å²) in [7, 11) is 0. The Kier molecular flexibility index (Phi) is 2.91. The number of esters is 1. The summed E-state index contributed by atoms with van der Waals surface area (Å²) in [6.07, 6.45) is 4.08. The van der Waals surface area contributed by atoms with E-state index in [1.165, 1.54) is 0 Å². The summed E-state index contributed by atoms with van der Waals surface area (Å²) in [6, 6.07) is 0.0868. The van der Waals surface area contributed by atoms with Crippen LogP contribution in [0.5, 0.6) is 0 Å². The number of amides is 1. The van der Waals surface area contributed by atoms with Crippen molar-refractivity contribution in [2.24, 2.45) is 5.92 Å². The first-order chi connectivity index (χ1) is 7.54. The number of rotatable bonds is 2. The van der Waals surface area contributed by atoms with Gasteiger partial charge in [-0.05, 0) is 33.1 Å². The van der Waals surface area contributed by atoms with Crippen molar-refractivity contribution >= 4 is 11.9 Å². The first kappa shape index (κ1) is 11.4. The van der Waals surface area contributed by atoms with Crippen LogP contribution >= 0.6 is 0 Å². The van der Waals surface area contributed by atoms with Crippen LogP contribution in [0.15, 0.2) is 0 Å². The van der Waals surface area contributed by atoms with Gasteiger partial charge in [-0.3, -0.25) is 9.59 Å². The molecule has 2 fully saturated rings. The SMILES string of the molecule is CC(C)NC(=O)[C@]12CCCC[C@@H]1CC(=O)O2. The summed E-state index contributed by atoms with van der Waals surface area (Å²) in [5, 5.41) is 2.88. The van der Waals surface area contributed by atoms with E-state index in [1.807, 2.05) is 13.8 Å². The summed E-state index contributed by atoms with van der Waals surface area (Å²) in [5.41, 5.74) is -0.848. The zero-order chi connectivity index (χ0) is 11.8. The van der Waals surface area contributed by atoms with Gasteiger partial charge in [0.25, 0.3) is 5.91 Å². The average molecular weight is 225 g/mol. The Balaban J connectivity index is 2.19. The third-order valence-corrected chi connectivity index (χ3v) is 3.52. The number of nitrogens with one attached hydrogen (secondary N) is 1. The van der Waals surface area contributed by atoms with E-state index in [4.69, 9.17) is 4.74 Å². The van der Waals surface area contributed by atoms with E-state index >= 15 is 0 Å². The van der Waals surface area contributed by atoms with E-state index in [2.05, 4.69) is 5.32 Å². The largest absolute Gasteiger partial charge is 0.449 e. The lowest BCUT2D eigenvalue weighted by Gasteiger charge is -2.36. The number of fused-ring (bicyclic) bond motifs is 1. The van der Waals surface area contributed by atoms with Crippen LogP contribution in [-0.4, -0.2) is 23.5 Å². The summed E-state index contributed by atoms with van der Waals surface area (Å²) in [6.45, 7) is 3.84. The van der Waals surface area contributed by atoms with Gasteiger partial charge in [0.1, 0.15) is 0 Å². The maximum atomic E-state index is 12.2. The van der Waals surface area contributed by atoms with Crippen LogP contribution in [0.25, 0.3) is 0 Å². The number of ether oxygens (including phenoxy) is 1.